The number of hydrogen-bond donors (Lipinski definition) is 2. The third-order valence-corrected chi connectivity index (χ3v) is 3.57. The first-order valence-electron chi connectivity index (χ1n) is 5.29. The van der Waals surface area contributed by atoms with E-state index in [2.05, 4.69) is 21.2 Å². The third kappa shape index (κ3) is 3.41. The summed E-state index contributed by atoms with van der Waals surface area (Å²) < 4.78 is 0.810. The quantitative estimate of drug-likeness (QED) is 0.770. The first-order valence-corrected chi connectivity index (χ1v) is 6.83. The largest absolute Gasteiger partial charge is 0.398 e. The number of carbonyl (C=O) groups excluding carboxylic acids is 1. The second kappa shape index (κ2) is 5.82. The number of anilines is 2. The van der Waals surface area contributed by atoms with E-state index in [0.717, 1.165) is 4.47 Å². The van der Waals surface area contributed by atoms with Gasteiger partial charge < -0.3 is 11.1 Å². The van der Waals surface area contributed by atoms with E-state index < -0.39 is 0 Å². The number of nitrogen functional groups attached to an aromatic ring is 1. The highest BCUT2D eigenvalue weighted by atomic mass is 79.9. The molecule has 0 saturated heterocycles. The maximum atomic E-state index is 12.1. The number of amides is 1. The predicted molar refractivity (Wildman–Crippen MR) is 83.0 cm³/mol. The number of nitrogens with one attached hydrogen (secondary N) is 1. The molecule has 0 aromatic heterocycles. The molecule has 0 aliphatic rings. The van der Waals surface area contributed by atoms with Gasteiger partial charge in [0.05, 0.1) is 21.3 Å². The van der Waals surface area contributed by atoms with Gasteiger partial charge in [-0.15, -0.1) is 0 Å². The minimum atomic E-state index is -0.307. The molecule has 0 atom stereocenters. The van der Waals surface area contributed by atoms with Gasteiger partial charge >= 0.3 is 0 Å². The van der Waals surface area contributed by atoms with E-state index >= 15 is 0 Å². The minimum absolute atomic E-state index is 0.307. The lowest BCUT2D eigenvalue weighted by Crippen LogP contribution is -2.12. The molecule has 6 heteroatoms. The fourth-order valence-electron chi connectivity index (χ4n) is 1.48. The Kier molecular flexibility index (Phi) is 4.34. The van der Waals surface area contributed by atoms with Crippen LogP contribution >= 0.6 is 39.1 Å². The van der Waals surface area contributed by atoms with Gasteiger partial charge in [0.1, 0.15) is 0 Å². The third-order valence-electron chi connectivity index (χ3n) is 2.43. The number of halogens is 3. The van der Waals surface area contributed by atoms with Crippen molar-refractivity contribution in [1.29, 1.82) is 0 Å². The van der Waals surface area contributed by atoms with Crippen molar-refractivity contribution in [2.75, 3.05) is 11.1 Å². The number of carbonyl (C=O) groups is 1. The lowest BCUT2D eigenvalue weighted by atomic mass is 10.2. The molecule has 19 heavy (non-hydrogen) atoms. The molecule has 0 aliphatic carbocycles. The highest BCUT2D eigenvalue weighted by Gasteiger charge is 2.11. The van der Waals surface area contributed by atoms with Crippen LogP contribution in [0.15, 0.2) is 40.9 Å². The highest BCUT2D eigenvalue weighted by Crippen LogP contribution is 2.25. The second-order valence-corrected chi connectivity index (χ2v) is 5.54. The molecule has 3 N–H and O–H groups in total. The maximum Gasteiger partial charge on any atom is 0.257 e. The summed E-state index contributed by atoms with van der Waals surface area (Å²) in [5.41, 5.74) is 7.01. The molecule has 0 heterocycles. The Hall–Kier alpha value is -1.23. The summed E-state index contributed by atoms with van der Waals surface area (Å²) in [5.74, 6) is -0.307. The predicted octanol–water partition coefficient (Wildman–Crippen LogP) is 4.59. The molecule has 0 unspecified atom stereocenters. The number of nitrogens with two attached hydrogens (primary N) is 1. The summed E-state index contributed by atoms with van der Waals surface area (Å²) >= 11 is 15.2. The normalized spacial score (nSPS) is 10.3. The van der Waals surface area contributed by atoms with Crippen molar-refractivity contribution in [3.8, 4) is 0 Å². The van der Waals surface area contributed by atoms with E-state index in [0.29, 0.717) is 27.0 Å². The van der Waals surface area contributed by atoms with Crippen molar-refractivity contribution in [3.63, 3.8) is 0 Å². The monoisotopic (exact) mass is 358 g/mol. The molecule has 2 aromatic rings. The Morgan fingerprint density at radius 1 is 1.11 bits per heavy atom. The molecule has 2 aromatic carbocycles. The van der Waals surface area contributed by atoms with Crippen molar-refractivity contribution in [1.82, 2.24) is 0 Å². The zero-order valence-corrected chi connectivity index (χ0v) is 12.7. The molecule has 0 fully saturated rings. The zero-order valence-electron chi connectivity index (χ0n) is 9.58. The van der Waals surface area contributed by atoms with E-state index in [1.54, 1.807) is 36.4 Å². The van der Waals surface area contributed by atoms with Crippen LogP contribution in [0.25, 0.3) is 0 Å². The van der Waals surface area contributed by atoms with Crippen molar-refractivity contribution < 1.29 is 4.79 Å². The van der Waals surface area contributed by atoms with Crippen LogP contribution in [0.4, 0.5) is 11.4 Å². The molecule has 0 aliphatic heterocycles. The van der Waals surface area contributed by atoms with Crippen molar-refractivity contribution in [3.05, 3.63) is 56.5 Å². The Morgan fingerprint density at radius 2 is 1.84 bits per heavy atom. The summed E-state index contributed by atoms with van der Waals surface area (Å²) in [6.45, 7) is 0. The van der Waals surface area contributed by atoms with Crippen LogP contribution in [-0.2, 0) is 0 Å². The van der Waals surface area contributed by atoms with Gasteiger partial charge in [0.2, 0.25) is 0 Å². The fourth-order valence-corrected chi connectivity index (χ4v) is 2.42. The van der Waals surface area contributed by atoms with Gasteiger partial charge in [-0.25, -0.2) is 0 Å². The van der Waals surface area contributed by atoms with Crippen LogP contribution in [0.1, 0.15) is 10.4 Å². The average Bonchev–Trinajstić information content (AvgIpc) is 2.33. The number of hydrogen-bond acceptors (Lipinski definition) is 2. The summed E-state index contributed by atoms with van der Waals surface area (Å²) in [4.78, 5) is 12.1. The molecule has 0 bridgehead atoms. The lowest BCUT2D eigenvalue weighted by Gasteiger charge is -2.08. The molecule has 3 nitrogen and oxygen atoms in total. The Balaban J connectivity index is 2.23. The van der Waals surface area contributed by atoms with E-state index in [-0.39, 0.29) is 5.91 Å². The van der Waals surface area contributed by atoms with Crippen molar-refractivity contribution in [2.45, 2.75) is 0 Å². The highest BCUT2D eigenvalue weighted by molar-refractivity contribution is 9.10. The lowest BCUT2D eigenvalue weighted by molar-refractivity contribution is 0.102. The fraction of sp³-hybridized carbons (Fsp3) is 0. The number of benzene rings is 2. The first kappa shape index (κ1) is 14.2. The second-order valence-electron chi connectivity index (χ2n) is 3.81. The summed E-state index contributed by atoms with van der Waals surface area (Å²) in [5, 5.41) is 3.47. The van der Waals surface area contributed by atoms with Crippen molar-refractivity contribution >= 4 is 56.4 Å². The van der Waals surface area contributed by atoms with Crippen LogP contribution in [0, 0.1) is 0 Å². The molecule has 0 spiro atoms. The van der Waals surface area contributed by atoms with Gasteiger partial charge in [-0.3, -0.25) is 4.79 Å². The van der Waals surface area contributed by atoms with Gasteiger partial charge in [-0.1, -0.05) is 39.1 Å². The van der Waals surface area contributed by atoms with Gasteiger partial charge in [0.25, 0.3) is 5.91 Å². The van der Waals surface area contributed by atoms with E-state index in [4.69, 9.17) is 28.9 Å². The summed E-state index contributed by atoms with van der Waals surface area (Å²) in [6.07, 6.45) is 0. The average molecular weight is 360 g/mol. The van der Waals surface area contributed by atoms with Crippen molar-refractivity contribution in [2.24, 2.45) is 0 Å². The molecule has 0 radical (unpaired) electrons. The van der Waals surface area contributed by atoms with Crippen LogP contribution in [0.5, 0.6) is 0 Å². The molecular weight excluding hydrogens is 351 g/mol. The standard InChI is InChI=1S/C13H9BrCl2N2O/c14-7-1-3-9(10(15)5-7)13(19)18-8-2-4-12(17)11(16)6-8/h1-6H,17H2,(H,18,19). The number of rotatable bonds is 2. The first-order chi connectivity index (χ1) is 8.97. The van der Waals surface area contributed by atoms with Gasteiger partial charge in [-0.05, 0) is 36.4 Å². The molecule has 1 amide bonds. The van der Waals surface area contributed by atoms with E-state index in [1.807, 2.05) is 0 Å². The Labute approximate surface area is 128 Å². The molecule has 2 rings (SSSR count). The molecule has 0 saturated carbocycles. The topological polar surface area (TPSA) is 55.1 Å². The van der Waals surface area contributed by atoms with Gasteiger partial charge in [0, 0.05) is 10.2 Å². The maximum absolute atomic E-state index is 12.1. The van der Waals surface area contributed by atoms with Crippen LogP contribution in [0.3, 0.4) is 0 Å². The summed E-state index contributed by atoms with van der Waals surface area (Å²) in [7, 11) is 0. The van der Waals surface area contributed by atoms with Crippen LogP contribution in [0.2, 0.25) is 10.0 Å². The van der Waals surface area contributed by atoms with Gasteiger partial charge in [0.15, 0.2) is 0 Å². The summed E-state index contributed by atoms with van der Waals surface area (Å²) in [6, 6.07) is 9.93. The Bertz CT molecular complexity index is 647. The zero-order chi connectivity index (χ0) is 14.0. The smallest absolute Gasteiger partial charge is 0.257 e. The van der Waals surface area contributed by atoms with E-state index in [9.17, 15) is 4.79 Å². The Morgan fingerprint density at radius 3 is 2.47 bits per heavy atom. The SMILES string of the molecule is Nc1ccc(NC(=O)c2ccc(Br)cc2Cl)cc1Cl. The molecular formula is C13H9BrCl2N2O. The van der Waals surface area contributed by atoms with E-state index in [1.165, 1.54) is 0 Å². The minimum Gasteiger partial charge on any atom is -0.398 e. The van der Waals surface area contributed by atoms with Crippen LogP contribution in [-0.4, -0.2) is 5.91 Å². The van der Waals surface area contributed by atoms with Gasteiger partial charge in [-0.2, -0.15) is 0 Å². The van der Waals surface area contributed by atoms with Crippen LogP contribution < -0.4 is 11.1 Å². The molecule has 98 valence electrons.